The molecule has 8 heteroatoms. The van der Waals surface area contributed by atoms with Crippen LogP contribution in [0.5, 0.6) is 0 Å². The van der Waals surface area contributed by atoms with E-state index in [0.29, 0.717) is 12.2 Å². The summed E-state index contributed by atoms with van der Waals surface area (Å²) >= 11 is 0. The summed E-state index contributed by atoms with van der Waals surface area (Å²) in [5.74, 6) is -0.181. The Labute approximate surface area is 142 Å². The molecule has 2 saturated heterocycles. The largest absolute Gasteiger partial charge is 0.377 e. The fraction of sp³-hybridized carbons (Fsp3) is 0.562. The van der Waals surface area contributed by atoms with Gasteiger partial charge in [0.1, 0.15) is 0 Å². The molecule has 2 aliphatic heterocycles. The SMILES string of the molecule is O=C(NC1CCNC1)c1ccc(S(=O)(=O)NCC2CCCO2)cc1. The number of carbonyl (C=O) groups is 1. The van der Waals surface area contributed by atoms with E-state index in [4.69, 9.17) is 4.74 Å². The summed E-state index contributed by atoms with van der Waals surface area (Å²) in [7, 11) is -3.58. The second-order valence-corrected chi connectivity index (χ2v) is 7.94. The minimum absolute atomic E-state index is 0.0511. The van der Waals surface area contributed by atoms with E-state index in [1.165, 1.54) is 12.1 Å². The van der Waals surface area contributed by atoms with Gasteiger partial charge in [0.2, 0.25) is 10.0 Å². The molecule has 3 rings (SSSR count). The number of ether oxygens (including phenoxy) is 1. The first-order chi connectivity index (χ1) is 11.5. The molecule has 2 unspecified atom stereocenters. The fourth-order valence-corrected chi connectivity index (χ4v) is 3.99. The van der Waals surface area contributed by atoms with Gasteiger partial charge in [-0.25, -0.2) is 13.1 Å². The van der Waals surface area contributed by atoms with Crippen molar-refractivity contribution in [3.05, 3.63) is 29.8 Å². The van der Waals surface area contributed by atoms with E-state index in [2.05, 4.69) is 15.4 Å². The van der Waals surface area contributed by atoms with Gasteiger partial charge >= 0.3 is 0 Å². The van der Waals surface area contributed by atoms with Crippen LogP contribution in [0.15, 0.2) is 29.2 Å². The van der Waals surface area contributed by atoms with Crippen LogP contribution in [-0.4, -0.2) is 52.7 Å². The van der Waals surface area contributed by atoms with Crippen molar-refractivity contribution >= 4 is 15.9 Å². The van der Waals surface area contributed by atoms with Crippen molar-refractivity contribution in [1.82, 2.24) is 15.4 Å². The third-order valence-electron chi connectivity index (χ3n) is 4.35. The van der Waals surface area contributed by atoms with E-state index in [1.54, 1.807) is 12.1 Å². The molecular formula is C16H23N3O4S. The van der Waals surface area contributed by atoms with Gasteiger partial charge in [0.05, 0.1) is 11.0 Å². The number of sulfonamides is 1. The number of nitrogens with one attached hydrogen (secondary N) is 3. The standard InChI is InChI=1S/C16H23N3O4S/c20-16(19-13-7-8-17-10-13)12-3-5-15(6-4-12)24(21,22)18-11-14-2-1-9-23-14/h3-6,13-14,17-18H,1-2,7-11H2,(H,19,20). The highest BCUT2D eigenvalue weighted by atomic mass is 32.2. The first-order valence-corrected chi connectivity index (χ1v) is 9.76. The molecule has 2 heterocycles. The first-order valence-electron chi connectivity index (χ1n) is 8.27. The zero-order valence-electron chi connectivity index (χ0n) is 13.5. The molecule has 2 fully saturated rings. The van der Waals surface area contributed by atoms with Crippen LogP contribution in [0.2, 0.25) is 0 Å². The Morgan fingerprint density at radius 2 is 2.04 bits per heavy atom. The first kappa shape index (κ1) is 17.3. The number of hydrogen-bond donors (Lipinski definition) is 3. The van der Waals surface area contributed by atoms with Crippen LogP contribution in [0.4, 0.5) is 0 Å². The van der Waals surface area contributed by atoms with Crippen molar-refractivity contribution < 1.29 is 17.9 Å². The Morgan fingerprint density at radius 3 is 2.67 bits per heavy atom. The predicted octanol–water partition coefficient (Wildman–Crippen LogP) is 0.236. The summed E-state index contributed by atoms with van der Waals surface area (Å²) in [5.41, 5.74) is 0.458. The molecule has 24 heavy (non-hydrogen) atoms. The average molecular weight is 353 g/mol. The summed E-state index contributed by atoms with van der Waals surface area (Å²) in [6, 6.07) is 6.13. The topological polar surface area (TPSA) is 96.5 Å². The van der Waals surface area contributed by atoms with Crippen LogP contribution in [0.3, 0.4) is 0 Å². The number of benzene rings is 1. The van der Waals surface area contributed by atoms with Crippen molar-refractivity contribution in [2.45, 2.75) is 36.3 Å². The van der Waals surface area contributed by atoms with Gasteiger partial charge in [0, 0.05) is 31.3 Å². The van der Waals surface area contributed by atoms with E-state index in [9.17, 15) is 13.2 Å². The molecule has 7 nitrogen and oxygen atoms in total. The molecule has 0 spiro atoms. The van der Waals surface area contributed by atoms with Gasteiger partial charge in [-0.1, -0.05) is 0 Å². The maximum absolute atomic E-state index is 12.3. The number of amides is 1. The van der Waals surface area contributed by atoms with Crippen molar-refractivity contribution in [3.8, 4) is 0 Å². The van der Waals surface area contributed by atoms with Crippen LogP contribution in [0, 0.1) is 0 Å². The lowest BCUT2D eigenvalue weighted by atomic mass is 10.2. The van der Waals surface area contributed by atoms with Gasteiger partial charge < -0.3 is 15.4 Å². The highest BCUT2D eigenvalue weighted by Crippen LogP contribution is 2.14. The molecule has 0 bridgehead atoms. The Morgan fingerprint density at radius 1 is 1.25 bits per heavy atom. The van der Waals surface area contributed by atoms with Gasteiger partial charge in [-0.05, 0) is 50.1 Å². The summed E-state index contributed by atoms with van der Waals surface area (Å²) in [4.78, 5) is 12.3. The molecule has 0 aromatic heterocycles. The summed E-state index contributed by atoms with van der Waals surface area (Å²) < 4.78 is 32.5. The predicted molar refractivity (Wildman–Crippen MR) is 89.3 cm³/mol. The van der Waals surface area contributed by atoms with Gasteiger partial charge in [-0.2, -0.15) is 0 Å². The van der Waals surface area contributed by atoms with Crippen LogP contribution in [0.25, 0.3) is 0 Å². The minimum Gasteiger partial charge on any atom is -0.377 e. The van der Waals surface area contributed by atoms with Crippen molar-refractivity contribution in [1.29, 1.82) is 0 Å². The molecule has 0 aliphatic carbocycles. The van der Waals surface area contributed by atoms with Crippen molar-refractivity contribution in [2.75, 3.05) is 26.2 Å². The van der Waals surface area contributed by atoms with Crippen molar-refractivity contribution in [3.63, 3.8) is 0 Å². The van der Waals surface area contributed by atoms with Crippen LogP contribution in [-0.2, 0) is 14.8 Å². The third kappa shape index (κ3) is 4.32. The monoisotopic (exact) mass is 353 g/mol. The molecule has 3 N–H and O–H groups in total. The second kappa shape index (κ2) is 7.60. The Bertz CT molecular complexity index is 663. The number of rotatable bonds is 6. The fourth-order valence-electron chi connectivity index (χ4n) is 2.92. The van der Waals surface area contributed by atoms with Crippen LogP contribution in [0.1, 0.15) is 29.6 Å². The van der Waals surface area contributed by atoms with Gasteiger partial charge in [-0.15, -0.1) is 0 Å². The van der Waals surface area contributed by atoms with Crippen LogP contribution >= 0.6 is 0 Å². The van der Waals surface area contributed by atoms with Gasteiger partial charge in [-0.3, -0.25) is 4.79 Å². The minimum atomic E-state index is -3.58. The lowest BCUT2D eigenvalue weighted by Crippen LogP contribution is -2.36. The summed E-state index contributed by atoms with van der Waals surface area (Å²) in [6.07, 6.45) is 2.69. The van der Waals surface area contributed by atoms with E-state index in [0.717, 1.165) is 32.4 Å². The second-order valence-electron chi connectivity index (χ2n) is 6.17. The Balaban J connectivity index is 1.58. The quantitative estimate of drug-likeness (QED) is 0.681. The number of carbonyl (C=O) groups excluding carboxylic acids is 1. The maximum atomic E-state index is 12.3. The third-order valence-corrected chi connectivity index (χ3v) is 5.79. The summed E-state index contributed by atoms with van der Waals surface area (Å²) in [5, 5.41) is 6.12. The van der Waals surface area contributed by atoms with Gasteiger partial charge in [0.15, 0.2) is 0 Å². The van der Waals surface area contributed by atoms with Crippen molar-refractivity contribution in [2.24, 2.45) is 0 Å². The lowest BCUT2D eigenvalue weighted by molar-refractivity contribution is 0.0940. The molecule has 1 amide bonds. The van der Waals surface area contributed by atoms with E-state index in [1.807, 2.05) is 0 Å². The zero-order valence-corrected chi connectivity index (χ0v) is 14.3. The van der Waals surface area contributed by atoms with E-state index in [-0.39, 0.29) is 29.5 Å². The molecule has 0 radical (unpaired) electrons. The molecule has 0 saturated carbocycles. The van der Waals surface area contributed by atoms with Crippen LogP contribution < -0.4 is 15.4 Å². The number of hydrogen-bond acceptors (Lipinski definition) is 5. The molecule has 2 aliphatic rings. The zero-order chi connectivity index (χ0) is 17.0. The van der Waals surface area contributed by atoms with E-state index < -0.39 is 10.0 Å². The van der Waals surface area contributed by atoms with Gasteiger partial charge in [0.25, 0.3) is 5.91 Å². The normalized spacial score (nSPS) is 24.2. The molecular weight excluding hydrogens is 330 g/mol. The Kier molecular flexibility index (Phi) is 5.50. The average Bonchev–Trinajstić information content (AvgIpc) is 3.27. The highest BCUT2D eigenvalue weighted by Gasteiger charge is 2.21. The van der Waals surface area contributed by atoms with E-state index >= 15 is 0 Å². The highest BCUT2D eigenvalue weighted by molar-refractivity contribution is 7.89. The molecule has 132 valence electrons. The Hall–Kier alpha value is -1.48. The lowest BCUT2D eigenvalue weighted by Gasteiger charge is -2.13. The maximum Gasteiger partial charge on any atom is 0.251 e. The smallest absolute Gasteiger partial charge is 0.251 e. The summed E-state index contributed by atoms with van der Waals surface area (Å²) in [6.45, 7) is 2.63. The molecule has 1 aromatic carbocycles. The molecule has 1 aromatic rings. The molecule has 2 atom stereocenters.